The SMILES string of the molecule is OCc1cc(C2CC2)ccc1C1CC1. The topological polar surface area (TPSA) is 20.2 Å². The van der Waals surface area contributed by atoms with E-state index in [0.29, 0.717) is 0 Å². The van der Waals surface area contributed by atoms with Crippen LogP contribution in [0.2, 0.25) is 0 Å². The van der Waals surface area contributed by atoms with Crippen molar-refractivity contribution in [3.05, 3.63) is 34.9 Å². The van der Waals surface area contributed by atoms with Crippen molar-refractivity contribution in [2.24, 2.45) is 0 Å². The number of benzene rings is 1. The summed E-state index contributed by atoms with van der Waals surface area (Å²) in [5.74, 6) is 1.55. The highest BCUT2D eigenvalue weighted by atomic mass is 16.3. The Balaban J connectivity index is 1.96. The van der Waals surface area contributed by atoms with E-state index >= 15 is 0 Å². The van der Waals surface area contributed by atoms with Gasteiger partial charge in [-0.15, -0.1) is 0 Å². The molecule has 1 nitrogen and oxygen atoms in total. The van der Waals surface area contributed by atoms with Gasteiger partial charge in [0, 0.05) is 0 Å². The molecule has 1 aromatic carbocycles. The average molecular weight is 188 g/mol. The van der Waals surface area contributed by atoms with Gasteiger partial charge in [0.25, 0.3) is 0 Å². The van der Waals surface area contributed by atoms with Gasteiger partial charge in [-0.05, 0) is 54.2 Å². The highest BCUT2D eigenvalue weighted by molar-refractivity contribution is 5.38. The molecule has 0 amide bonds. The van der Waals surface area contributed by atoms with Crippen LogP contribution < -0.4 is 0 Å². The van der Waals surface area contributed by atoms with Crippen molar-refractivity contribution >= 4 is 0 Å². The van der Waals surface area contributed by atoms with Crippen molar-refractivity contribution in [3.63, 3.8) is 0 Å². The average Bonchev–Trinajstić information content (AvgIpc) is 3.04. The molecule has 0 aliphatic heterocycles. The smallest absolute Gasteiger partial charge is 0.0684 e. The van der Waals surface area contributed by atoms with Crippen molar-refractivity contribution < 1.29 is 5.11 Å². The lowest BCUT2D eigenvalue weighted by molar-refractivity contribution is 0.280. The molecule has 2 aliphatic rings. The monoisotopic (exact) mass is 188 g/mol. The highest BCUT2D eigenvalue weighted by Crippen LogP contribution is 2.45. The molecule has 1 N–H and O–H groups in total. The molecule has 2 fully saturated rings. The molecule has 1 aromatic rings. The first-order chi connectivity index (χ1) is 6.88. The van der Waals surface area contributed by atoms with Gasteiger partial charge in [-0.3, -0.25) is 0 Å². The summed E-state index contributed by atoms with van der Waals surface area (Å²) in [6.07, 6.45) is 5.31. The summed E-state index contributed by atoms with van der Waals surface area (Å²) >= 11 is 0. The molecule has 74 valence electrons. The van der Waals surface area contributed by atoms with Gasteiger partial charge in [0.1, 0.15) is 0 Å². The fourth-order valence-corrected chi connectivity index (χ4v) is 2.23. The van der Waals surface area contributed by atoms with Gasteiger partial charge >= 0.3 is 0 Å². The van der Waals surface area contributed by atoms with E-state index in [2.05, 4.69) is 18.2 Å². The van der Waals surface area contributed by atoms with Crippen LogP contribution in [0.15, 0.2) is 18.2 Å². The van der Waals surface area contributed by atoms with Crippen LogP contribution in [-0.2, 0) is 6.61 Å². The van der Waals surface area contributed by atoms with Gasteiger partial charge in [-0.2, -0.15) is 0 Å². The number of rotatable bonds is 3. The van der Waals surface area contributed by atoms with Gasteiger partial charge in [-0.25, -0.2) is 0 Å². The largest absolute Gasteiger partial charge is 0.392 e. The summed E-state index contributed by atoms with van der Waals surface area (Å²) in [5, 5.41) is 9.32. The van der Waals surface area contributed by atoms with E-state index in [-0.39, 0.29) is 6.61 Å². The molecule has 1 heteroatoms. The minimum Gasteiger partial charge on any atom is -0.392 e. The predicted molar refractivity (Wildman–Crippen MR) is 56.3 cm³/mol. The predicted octanol–water partition coefficient (Wildman–Crippen LogP) is 2.93. The third kappa shape index (κ3) is 1.46. The first-order valence-corrected chi connectivity index (χ1v) is 5.62. The Labute approximate surface area is 84.8 Å². The van der Waals surface area contributed by atoms with Crippen LogP contribution in [0.25, 0.3) is 0 Å². The first-order valence-electron chi connectivity index (χ1n) is 5.62. The van der Waals surface area contributed by atoms with Crippen molar-refractivity contribution in [2.75, 3.05) is 0 Å². The number of hydrogen-bond acceptors (Lipinski definition) is 1. The fraction of sp³-hybridized carbons (Fsp3) is 0.538. The lowest BCUT2D eigenvalue weighted by atomic mass is 9.99. The summed E-state index contributed by atoms with van der Waals surface area (Å²) in [4.78, 5) is 0. The molecule has 0 aromatic heterocycles. The maximum absolute atomic E-state index is 9.32. The highest BCUT2D eigenvalue weighted by Gasteiger charge is 2.28. The summed E-state index contributed by atoms with van der Waals surface area (Å²) in [7, 11) is 0. The lowest BCUT2D eigenvalue weighted by Gasteiger charge is -2.08. The Kier molecular flexibility index (Phi) is 1.88. The zero-order valence-corrected chi connectivity index (χ0v) is 8.37. The second-order valence-electron chi connectivity index (χ2n) is 4.66. The van der Waals surface area contributed by atoms with Crippen LogP contribution in [0.1, 0.15) is 54.2 Å². The van der Waals surface area contributed by atoms with Crippen LogP contribution in [-0.4, -0.2) is 5.11 Å². The Bertz CT molecular complexity index is 348. The van der Waals surface area contributed by atoms with E-state index in [1.165, 1.54) is 42.4 Å². The minimum absolute atomic E-state index is 0.215. The van der Waals surface area contributed by atoms with E-state index in [1.807, 2.05) is 0 Å². The molecule has 0 saturated heterocycles. The van der Waals surface area contributed by atoms with Crippen molar-refractivity contribution in [1.29, 1.82) is 0 Å². The van der Waals surface area contributed by atoms with Crippen LogP contribution >= 0.6 is 0 Å². The number of aliphatic hydroxyl groups excluding tert-OH is 1. The van der Waals surface area contributed by atoms with Gasteiger partial charge in [0.05, 0.1) is 6.61 Å². The Hall–Kier alpha value is -0.820. The van der Waals surface area contributed by atoms with E-state index in [1.54, 1.807) is 0 Å². The standard InChI is InChI=1S/C13H16O/c14-8-12-7-11(9-1-2-9)5-6-13(12)10-3-4-10/h5-7,9-10,14H,1-4,8H2. The second kappa shape index (κ2) is 3.09. The molecule has 14 heavy (non-hydrogen) atoms. The molecule has 2 aliphatic carbocycles. The zero-order chi connectivity index (χ0) is 9.54. The summed E-state index contributed by atoms with van der Waals surface area (Å²) in [6.45, 7) is 0.215. The molecule has 0 bridgehead atoms. The molecular weight excluding hydrogens is 172 g/mol. The van der Waals surface area contributed by atoms with E-state index in [4.69, 9.17) is 0 Å². The quantitative estimate of drug-likeness (QED) is 0.773. The maximum Gasteiger partial charge on any atom is 0.0684 e. The van der Waals surface area contributed by atoms with E-state index in [0.717, 1.165) is 11.8 Å². The maximum atomic E-state index is 9.32. The third-order valence-corrected chi connectivity index (χ3v) is 3.40. The summed E-state index contributed by atoms with van der Waals surface area (Å²) < 4.78 is 0. The van der Waals surface area contributed by atoms with Crippen molar-refractivity contribution in [3.8, 4) is 0 Å². The zero-order valence-electron chi connectivity index (χ0n) is 8.37. The van der Waals surface area contributed by atoms with Gasteiger partial charge in [-0.1, -0.05) is 18.2 Å². The van der Waals surface area contributed by atoms with Crippen LogP contribution in [0.5, 0.6) is 0 Å². The minimum atomic E-state index is 0.215. The Morgan fingerprint density at radius 1 is 1.07 bits per heavy atom. The summed E-state index contributed by atoms with van der Waals surface area (Å²) in [5.41, 5.74) is 4.02. The molecule has 0 unspecified atom stereocenters. The second-order valence-corrected chi connectivity index (χ2v) is 4.66. The molecule has 0 atom stereocenters. The van der Waals surface area contributed by atoms with Gasteiger partial charge in [0.2, 0.25) is 0 Å². The fourth-order valence-electron chi connectivity index (χ4n) is 2.23. The van der Waals surface area contributed by atoms with Gasteiger partial charge in [0.15, 0.2) is 0 Å². The molecule has 0 heterocycles. The van der Waals surface area contributed by atoms with Crippen molar-refractivity contribution in [1.82, 2.24) is 0 Å². The first kappa shape index (κ1) is 8.49. The van der Waals surface area contributed by atoms with Crippen LogP contribution in [0, 0.1) is 0 Å². The Morgan fingerprint density at radius 3 is 2.36 bits per heavy atom. The molecule has 3 rings (SSSR count). The molecule has 0 spiro atoms. The van der Waals surface area contributed by atoms with Crippen molar-refractivity contribution in [2.45, 2.75) is 44.1 Å². The third-order valence-electron chi connectivity index (χ3n) is 3.40. The lowest BCUT2D eigenvalue weighted by Crippen LogP contribution is -1.94. The normalized spacial score (nSPS) is 21.2. The van der Waals surface area contributed by atoms with Gasteiger partial charge < -0.3 is 5.11 Å². The van der Waals surface area contributed by atoms with E-state index in [9.17, 15) is 5.11 Å². The van der Waals surface area contributed by atoms with E-state index < -0.39 is 0 Å². The molecule has 2 saturated carbocycles. The molecule has 0 radical (unpaired) electrons. The molecular formula is C13H16O. The van der Waals surface area contributed by atoms with Crippen LogP contribution in [0.4, 0.5) is 0 Å². The summed E-state index contributed by atoms with van der Waals surface area (Å²) in [6, 6.07) is 6.74. The van der Waals surface area contributed by atoms with Crippen LogP contribution in [0.3, 0.4) is 0 Å². The number of aliphatic hydroxyl groups is 1. The number of hydrogen-bond donors (Lipinski definition) is 1. The Morgan fingerprint density at radius 2 is 1.79 bits per heavy atom.